The zero-order valence-electron chi connectivity index (χ0n) is 16.7. The number of aliphatic hydroxyl groups is 1. The maximum absolute atomic E-state index is 11.0. The Morgan fingerprint density at radius 2 is 1.71 bits per heavy atom. The summed E-state index contributed by atoms with van der Waals surface area (Å²) in [6.07, 6.45) is 6.38. The fraction of sp³-hybridized carbons (Fsp3) is 0.455. The molecule has 1 aromatic carbocycles. The highest BCUT2D eigenvalue weighted by Gasteiger charge is 2.20. The molecule has 0 amide bonds. The summed E-state index contributed by atoms with van der Waals surface area (Å²) >= 11 is 0. The van der Waals surface area contributed by atoms with Crippen LogP contribution in [-0.4, -0.2) is 38.5 Å². The monoisotopic (exact) mass is 390 g/mol. The van der Waals surface area contributed by atoms with Gasteiger partial charge in [0.2, 0.25) is 0 Å². The van der Waals surface area contributed by atoms with Crippen LogP contribution in [0.2, 0.25) is 0 Å². The Labute approximate surface area is 165 Å². The lowest BCUT2D eigenvalue weighted by Crippen LogP contribution is -2.25. The van der Waals surface area contributed by atoms with Gasteiger partial charge in [-0.25, -0.2) is 4.79 Å². The molecule has 1 aromatic rings. The predicted octanol–water partition coefficient (Wildman–Crippen LogP) is 4.17. The Bertz CT molecular complexity index is 747. The third kappa shape index (κ3) is 7.96. The molecule has 4 N–H and O–H groups in total. The number of allylic oxidation sites excluding steroid dienone is 4. The van der Waals surface area contributed by atoms with E-state index < -0.39 is 24.0 Å². The first kappa shape index (κ1) is 23.4. The fourth-order valence-electron chi connectivity index (χ4n) is 2.71. The van der Waals surface area contributed by atoms with Crippen molar-refractivity contribution in [1.82, 2.24) is 0 Å². The van der Waals surface area contributed by atoms with Gasteiger partial charge in [-0.3, -0.25) is 4.79 Å². The number of aromatic hydroxyl groups is 1. The van der Waals surface area contributed by atoms with Gasteiger partial charge in [-0.1, -0.05) is 23.3 Å². The van der Waals surface area contributed by atoms with Crippen molar-refractivity contribution in [2.24, 2.45) is 5.92 Å². The molecule has 0 saturated carbocycles. The molecule has 154 valence electrons. The molecule has 1 rings (SSSR count). The fourth-order valence-corrected chi connectivity index (χ4v) is 2.71. The van der Waals surface area contributed by atoms with Gasteiger partial charge in [-0.2, -0.15) is 0 Å². The molecular formula is C22H30O6. The van der Waals surface area contributed by atoms with Crippen molar-refractivity contribution in [2.75, 3.05) is 0 Å². The van der Waals surface area contributed by atoms with E-state index in [1.807, 2.05) is 19.9 Å². The number of aliphatic carboxylic acids is 1. The van der Waals surface area contributed by atoms with Gasteiger partial charge < -0.3 is 20.4 Å². The van der Waals surface area contributed by atoms with E-state index in [1.54, 1.807) is 0 Å². The van der Waals surface area contributed by atoms with E-state index in [4.69, 9.17) is 10.2 Å². The molecule has 2 unspecified atom stereocenters. The summed E-state index contributed by atoms with van der Waals surface area (Å²) in [5.74, 6) is -2.70. The number of carboxylic acid groups (broad SMARTS) is 2. The molecule has 0 saturated heterocycles. The normalized spacial score (nSPS) is 14.6. The van der Waals surface area contributed by atoms with Gasteiger partial charge in [-0.15, -0.1) is 0 Å². The number of hydrogen-bond acceptors (Lipinski definition) is 4. The molecular weight excluding hydrogens is 360 g/mol. The number of hydrogen-bond donors (Lipinski definition) is 4. The third-order valence-electron chi connectivity index (χ3n) is 4.83. The molecule has 0 radical (unpaired) electrons. The number of carbonyl (C=O) groups is 2. The highest BCUT2D eigenvalue weighted by molar-refractivity contribution is 5.88. The Balaban J connectivity index is 2.50. The standard InChI is InChI=1S/C22H30O6/c1-14(7-9-17-13-18(22(27)28)10-12-20(17)24)5-4-6-15(2)8-11-19(23)16(3)21(25)26/h6-7,10,12-13,16,19,23-24H,4-5,8-9,11H2,1-3H3,(H,25,26)(H,27,28). The molecule has 0 aliphatic heterocycles. The maximum atomic E-state index is 11.0. The van der Waals surface area contributed by atoms with Crippen molar-refractivity contribution in [3.8, 4) is 5.75 Å². The van der Waals surface area contributed by atoms with Crippen LogP contribution in [0.4, 0.5) is 0 Å². The Hall–Kier alpha value is -2.60. The molecule has 28 heavy (non-hydrogen) atoms. The van der Waals surface area contributed by atoms with Gasteiger partial charge in [0.15, 0.2) is 0 Å². The summed E-state index contributed by atoms with van der Waals surface area (Å²) in [5, 5.41) is 37.6. The van der Waals surface area contributed by atoms with E-state index >= 15 is 0 Å². The first-order valence-electron chi connectivity index (χ1n) is 9.39. The minimum atomic E-state index is -1.02. The molecule has 2 atom stereocenters. The molecule has 0 spiro atoms. The number of carboxylic acids is 2. The van der Waals surface area contributed by atoms with Crippen molar-refractivity contribution in [3.05, 3.63) is 52.6 Å². The molecule has 0 heterocycles. The summed E-state index contributed by atoms with van der Waals surface area (Å²) in [5.41, 5.74) is 2.96. The first-order valence-corrected chi connectivity index (χ1v) is 9.39. The number of rotatable bonds is 11. The van der Waals surface area contributed by atoms with Crippen LogP contribution in [0.5, 0.6) is 5.75 Å². The zero-order chi connectivity index (χ0) is 21.3. The summed E-state index contributed by atoms with van der Waals surface area (Å²) < 4.78 is 0. The summed E-state index contributed by atoms with van der Waals surface area (Å²) in [6.45, 7) is 5.45. The van der Waals surface area contributed by atoms with Gasteiger partial charge in [0.05, 0.1) is 17.6 Å². The van der Waals surface area contributed by atoms with Gasteiger partial charge in [0.25, 0.3) is 0 Å². The van der Waals surface area contributed by atoms with E-state index in [-0.39, 0.29) is 11.3 Å². The maximum Gasteiger partial charge on any atom is 0.335 e. The lowest BCUT2D eigenvalue weighted by molar-refractivity contribution is -0.144. The van der Waals surface area contributed by atoms with Crippen LogP contribution in [-0.2, 0) is 11.2 Å². The highest BCUT2D eigenvalue weighted by Crippen LogP contribution is 2.21. The first-order chi connectivity index (χ1) is 13.1. The summed E-state index contributed by atoms with van der Waals surface area (Å²) in [7, 11) is 0. The predicted molar refractivity (Wildman–Crippen MR) is 108 cm³/mol. The van der Waals surface area contributed by atoms with E-state index in [9.17, 15) is 19.8 Å². The minimum absolute atomic E-state index is 0.0823. The molecule has 0 bridgehead atoms. The second kappa shape index (κ2) is 11.3. The van der Waals surface area contributed by atoms with Crippen LogP contribution in [0.3, 0.4) is 0 Å². The van der Waals surface area contributed by atoms with Crippen LogP contribution in [0, 0.1) is 5.92 Å². The van der Waals surface area contributed by atoms with Crippen molar-refractivity contribution in [1.29, 1.82) is 0 Å². The van der Waals surface area contributed by atoms with E-state index in [1.165, 1.54) is 25.1 Å². The lowest BCUT2D eigenvalue weighted by atomic mass is 9.97. The van der Waals surface area contributed by atoms with Gasteiger partial charge in [0, 0.05) is 0 Å². The largest absolute Gasteiger partial charge is 0.508 e. The van der Waals surface area contributed by atoms with Crippen LogP contribution < -0.4 is 0 Å². The molecule has 0 aromatic heterocycles. The van der Waals surface area contributed by atoms with Crippen LogP contribution in [0.25, 0.3) is 0 Å². The smallest absolute Gasteiger partial charge is 0.335 e. The third-order valence-corrected chi connectivity index (χ3v) is 4.83. The van der Waals surface area contributed by atoms with Crippen LogP contribution in [0.1, 0.15) is 62.4 Å². The summed E-state index contributed by atoms with van der Waals surface area (Å²) in [4.78, 5) is 21.9. The van der Waals surface area contributed by atoms with E-state index in [0.29, 0.717) is 24.8 Å². The summed E-state index contributed by atoms with van der Waals surface area (Å²) in [6, 6.07) is 4.25. The average molecular weight is 390 g/mol. The highest BCUT2D eigenvalue weighted by atomic mass is 16.4. The quantitative estimate of drug-likeness (QED) is 0.422. The zero-order valence-corrected chi connectivity index (χ0v) is 16.7. The van der Waals surface area contributed by atoms with E-state index in [0.717, 1.165) is 24.0 Å². The van der Waals surface area contributed by atoms with Crippen molar-refractivity contribution >= 4 is 11.9 Å². The molecule has 0 aliphatic carbocycles. The molecule has 6 nitrogen and oxygen atoms in total. The lowest BCUT2D eigenvalue weighted by Gasteiger charge is -2.14. The second-order valence-electron chi connectivity index (χ2n) is 7.23. The van der Waals surface area contributed by atoms with Crippen molar-refractivity contribution in [3.63, 3.8) is 0 Å². The average Bonchev–Trinajstić information content (AvgIpc) is 2.64. The van der Waals surface area contributed by atoms with Gasteiger partial charge in [0.1, 0.15) is 5.75 Å². The number of aromatic carboxylic acids is 1. The van der Waals surface area contributed by atoms with Crippen LogP contribution >= 0.6 is 0 Å². The SMILES string of the molecule is CC(=CCc1cc(C(=O)O)ccc1O)CCC=C(C)CCC(O)C(C)C(=O)O. The second-order valence-corrected chi connectivity index (χ2v) is 7.23. The van der Waals surface area contributed by atoms with Gasteiger partial charge in [-0.05, 0) is 76.6 Å². The number of phenolic OH excluding ortho intramolecular Hbond substituents is 1. The molecule has 6 heteroatoms. The van der Waals surface area contributed by atoms with Crippen molar-refractivity contribution < 1.29 is 30.0 Å². The van der Waals surface area contributed by atoms with Gasteiger partial charge >= 0.3 is 11.9 Å². The topological polar surface area (TPSA) is 115 Å². The Morgan fingerprint density at radius 1 is 1.07 bits per heavy atom. The number of phenols is 1. The molecule has 0 aliphatic rings. The van der Waals surface area contributed by atoms with E-state index in [2.05, 4.69) is 6.08 Å². The minimum Gasteiger partial charge on any atom is -0.508 e. The Kier molecular flexibility index (Phi) is 9.45. The van der Waals surface area contributed by atoms with Crippen LogP contribution in [0.15, 0.2) is 41.5 Å². The van der Waals surface area contributed by atoms with Crippen molar-refractivity contribution in [2.45, 2.75) is 59.0 Å². The number of benzene rings is 1. The molecule has 0 fully saturated rings. The Morgan fingerprint density at radius 3 is 2.32 bits per heavy atom. The number of aliphatic hydroxyl groups excluding tert-OH is 1.